The van der Waals surface area contributed by atoms with E-state index in [0.29, 0.717) is 6.54 Å². The highest BCUT2D eigenvalue weighted by atomic mass is 16.3. The SMILES string of the molecule is O=c1c2c(nc3n1CC1(CCN(Cc4ccoc4)CC1)C3)CCN(Cc1cccnc1)C2. The fourth-order valence-corrected chi connectivity index (χ4v) is 5.69. The summed E-state index contributed by atoms with van der Waals surface area (Å²) in [5.41, 5.74) is 4.73. The van der Waals surface area contributed by atoms with Gasteiger partial charge in [-0.3, -0.25) is 24.1 Å². The van der Waals surface area contributed by atoms with Crippen LogP contribution >= 0.6 is 0 Å². The first-order chi connectivity index (χ1) is 15.7. The summed E-state index contributed by atoms with van der Waals surface area (Å²) < 4.78 is 7.21. The summed E-state index contributed by atoms with van der Waals surface area (Å²) in [5, 5.41) is 0. The maximum Gasteiger partial charge on any atom is 0.258 e. The molecule has 0 saturated carbocycles. The van der Waals surface area contributed by atoms with E-state index in [4.69, 9.17) is 9.40 Å². The van der Waals surface area contributed by atoms with E-state index in [-0.39, 0.29) is 11.0 Å². The lowest BCUT2D eigenvalue weighted by Gasteiger charge is -2.38. The number of hydrogen-bond donors (Lipinski definition) is 0. The van der Waals surface area contributed by atoms with Crippen LogP contribution in [0.3, 0.4) is 0 Å². The Balaban J connectivity index is 1.16. The molecular formula is C25H29N5O2. The van der Waals surface area contributed by atoms with Gasteiger partial charge in [0.1, 0.15) is 5.82 Å². The van der Waals surface area contributed by atoms with E-state index in [9.17, 15) is 4.79 Å². The number of nitrogens with zero attached hydrogens (tertiary/aromatic N) is 5. The highest BCUT2D eigenvalue weighted by Gasteiger charge is 2.42. The molecule has 7 nitrogen and oxygen atoms in total. The van der Waals surface area contributed by atoms with Gasteiger partial charge in [-0.1, -0.05) is 6.07 Å². The van der Waals surface area contributed by atoms with Crippen molar-refractivity contribution >= 4 is 0 Å². The highest BCUT2D eigenvalue weighted by molar-refractivity contribution is 5.24. The minimum absolute atomic E-state index is 0.186. The Morgan fingerprint density at radius 2 is 1.94 bits per heavy atom. The molecule has 6 heterocycles. The van der Waals surface area contributed by atoms with E-state index in [1.54, 1.807) is 12.5 Å². The molecule has 0 aliphatic carbocycles. The van der Waals surface area contributed by atoms with Crippen molar-refractivity contribution in [2.75, 3.05) is 19.6 Å². The number of hydrogen-bond acceptors (Lipinski definition) is 6. The third kappa shape index (κ3) is 3.69. The third-order valence-electron chi connectivity index (χ3n) is 7.53. The van der Waals surface area contributed by atoms with E-state index >= 15 is 0 Å². The quantitative estimate of drug-likeness (QED) is 0.633. The van der Waals surface area contributed by atoms with Crippen molar-refractivity contribution in [2.45, 2.75) is 51.9 Å². The Morgan fingerprint density at radius 1 is 1.06 bits per heavy atom. The number of pyridine rings is 1. The summed E-state index contributed by atoms with van der Waals surface area (Å²) >= 11 is 0. The van der Waals surface area contributed by atoms with E-state index < -0.39 is 0 Å². The molecule has 32 heavy (non-hydrogen) atoms. The molecule has 1 fully saturated rings. The fraction of sp³-hybridized carbons (Fsp3) is 0.480. The lowest BCUT2D eigenvalue weighted by atomic mass is 9.77. The summed E-state index contributed by atoms with van der Waals surface area (Å²) in [6.07, 6.45) is 11.3. The number of piperidine rings is 1. The zero-order valence-electron chi connectivity index (χ0n) is 18.4. The molecule has 3 aromatic heterocycles. The smallest absolute Gasteiger partial charge is 0.258 e. The molecule has 0 amide bonds. The Bertz CT molecular complexity index is 1150. The second-order valence-electron chi connectivity index (χ2n) is 9.75. The maximum atomic E-state index is 13.5. The fourth-order valence-electron chi connectivity index (χ4n) is 5.69. The maximum absolute atomic E-state index is 13.5. The minimum atomic E-state index is 0.186. The minimum Gasteiger partial charge on any atom is -0.472 e. The van der Waals surface area contributed by atoms with Crippen LogP contribution in [0, 0.1) is 5.41 Å². The van der Waals surface area contributed by atoms with Crippen molar-refractivity contribution in [3.8, 4) is 0 Å². The molecule has 0 radical (unpaired) electrons. The summed E-state index contributed by atoms with van der Waals surface area (Å²) in [4.78, 5) is 27.6. The molecule has 3 aliphatic heterocycles. The highest BCUT2D eigenvalue weighted by Crippen LogP contribution is 2.41. The van der Waals surface area contributed by atoms with E-state index in [0.717, 1.165) is 82.0 Å². The molecule has 0 atom stereocenters. The first kappa shape index (κ1) is 19.9. The average Bonchev–Trinajstić information content (AvgIpc) is 3.45. The molecule has 1 spiro atoms. The van der Waals surface area contributed by atoms with Gasteiger partial charge in [0.2, 0.25) is 0 Å². The molecule has 6 rings (SSSR count). The van der Waals surface area contributed by atoms with Gasteiger partial charge in [0.25, 0.3) is 5.56 Å². The van der Waals surface area contributed by atoms with Crippen molar-refractivity contribution in [2.24, 2.45) is 5.41 Å². The van der Waals surface area contributed by atoms with Crippen molar-refractivity contribution in [1.82, 2.24) is 24.3 Å². The number of aromatic nitrogens is 3. The van der Waals surface area contributed by atoms with Gasteiger partial charge in [0.15, 0.2) is 0 Å². The van der Waals surface area contributed by atoms with Crippen LogP contribution in [0.1, 0.15) is 41.1 Å². The Hall–Kier alpha value is -2.77. The van der Waals surface area contributed by atoms with E-state index in [1.165, 1.54) is 11.1 Å². The Kier molecular flexibility index (Phi) is 4.96. The molecule has 7 heteroatoms. The predicted molar refractivity (Wildman–Crippen MR) is 120 cm³/mol. The van der Waals surface area contributed by atoms with Gasteiger partial charge in [-0.2, -0.15) is 0 Å². The molecule has 0 aromatic carbocycles. The molecular weight excluding hydrogens is 402 g/mol. The van der Waals surface area contributed by atoms with E-state index in [1.807, 2.05) is 29.2 Å². The standard InChI is InChI=1S/C25H29N5O2/c31-24-21-16-29(14-19-2-1-7-26-13-19)8-3-22(21)27-23-12-25(18-30(23)24)5-9-28(10-6-25)15-20-4-11-32-17-20/h1-2,4,7,11,13,17H,3,5-6,8-10,12,14-16,18H2. The third-order valence-corrected chi connectivity index (χ3v) is 7.53. The van der Waals surface area contributed by atoms with Crippen LogP contribution in [-0.4, -0.2) is 44.0 Å². The number of rotatable bonds is 4. The first-order valence-corrected chi connectivity index (χ1v) is 11.6. The zero-order chi connectivity index (χ0) is 21.5. The van der Waals surface area contributed by atoms with Gasteiger partial charge < -0.3 is 4.42 Å². The monoisotopic (exact) mass is 431 g/mol. The lowest BCUT2D eigenvalue weighted by molar-refractivity contribution is 0.0977. The topological polar surface area (TPSA) is 67.4 Å². The van der Waals surface area contributed by atoms with Gasteiger partial charge in [-0.25, -0.2) is 4.98 Å². The first-order valence-electron chi connectivity index (χ1n) is 11.6. The van der Waals surface area contributed by atoms with Gasteiger partial charge >= 0.3 is 0 Å². The molecule has 3 aromatic rings. The van der Waals surface area contributed by atoms with Crippen molar-refractivity contribution in [3.05, 3.63) is 81.7 Å². The van der Waals surface area contributed by atoms with Crippen molar-refractivity contribution < 1.29 is 4.42 Å². The van der Waals surface area contributed by atoms with E-state index in [2.05, 4.69) is 20.9 Å². The van der Waals surface area contributed by atoms with Crippen LogP contribution < -0.4 is 5.56 Å². The van der Waals surface area contributed by atoms with Crippen molar-refractivity contribution in [1.29, 1.82) is 0 Å². The van der Waals surface area contributed by atoms with Gasteiger partial charge in [-0.15, -0.1) is 0 Å². The number of furan rings is 1. The lowest BCUT2D eigenvalue weighted by Crippen LogP contribution is -2.41. The second kappa shape index (κ2) is 7.98. The average molecular weight is 432 g/mol. The van der Waals surface area contributed by atoms with Gasteiger partial charge in [0, 0.05) is 63.5 Å². The normalized spacial score (nSPS) is 20.4. The Labute approximate surface area is 187 Å². The van der Waals surface area contributed by atoms with Crippen LogP contribution in [0.15, 0.2) is 52.3 Å². The molecule has 0 bridgehead atoms. The second-order valence-corrected chi connectivity index (χ2v) is 9.75. The number of fused-ring (bicyclic) bond motifs is 2. The van der Waals surface area contributed by atoms with Crippen molar-refractivity contribution in [3.63, 3.8) is 0 Å². The summed E-state index contributed by atoms with van der Waals surface area (Å²) in [6.45, 7) is 6.33. The summed E-state index contributed by atoms with van der Waals surface area (Å²) in [5.74, 6) is 1.01. The molecule has 0 unspecified atom stereocenters. The van der Waals surface area contributed by atoms with Crippen LogP contribution in [-0.2, 0) is 39.0 Å². The van der Waals surface area contributed by atoms with Crippen LogP contribution in [0.2, 0.25) is 0 Å². The molecule has 3 aliphatic rings. The molecule has 0 N–H and O–H groups in total. The Morgan fingerprint density at radius 3 is 2.72 bits per heavy atom. The predicted octanol–water partition coefficient (Wildman–Crippen LogP) is 2.63. The van der Waals surface area contributed by atoms with Crippen LogP contribution in [0.25, 0.3) is 0 Å². The van der Waals surface area contributed by atoms with Gasteiger partial charge in [-0.05, 0) is 49.0 Å². The summed E-state index contributed by atoms with van der Waals surface area (Å²) in [7, 11) is 0. The van der Waals surface area contributed by atoms with Crippen LogP contribution in [0.4, 0.5) is 0 Å². The van der Waals surface area contributed by atoms with Gasteiger partial charge in [0.05, 0.1) is 23.8 Å². The van der Waals surface area contributed by atoms with Crippen LogP contribution in [0.5, 0.6) is 0 Å². The summed E-state index contributed by atoms with van der Waals surface area (Å²) in [6, 6.07) is 6.11. The molecule has 166 valence electrons. The zero-order valence-corrected chi connectivity index (χ0v) is 18.4. The molecule has 1 saturated heterocycles. The number of likely N-dealkylation sites (tertiary alicyclic amines) is 1. The largest absolute Gasteiger partial charge is 0.472 e.